The van der Waals surface area contributed by atoms with Crippen LogP contribution in [-0.4, -0.2) is 9.91 Å². The summed E-state index contributed by atoms with van der Waals surface area (Å²) in [6.45, 7) is 0. The molecule has 0 saturated carbocycles. The van der Waals surface area contributed by atoms with Gasteiger partial charge in [-0.3, -0.25) is 15.1 Å². The first-order chi connectivity index (χ1) is 4.72. The van der Waals surface area contributed by atoms with E-state index in [0.29, 0.717) is 0 Å². The van der Waals surface area contributed by atoms with Gasteiger partial charge in [-0.15, -0.1) is 0 Å². The molecule has 1 aromatic rings. The Morgan fingerprint density at radius 1 is 1.70 bits per heavy atom. The lowest BCUT2D eigenvalue weighted by atomic mass is 10.4. The largest absolute Gasteiger partial charge is 0.290 e. The standard InChI is InChI=1S/C5H3ClN2O2/c6-4-3-7-2-1-5(4)8(9)10/h1-3H. The molecular weight excluding hydrogens is 156 g/mol. The maximum Gasteiger partial charge on any atom is 0.290 e. The lowest BCUT2D eigenvalue weighted by molar-refractivity contribution is -0.384. The van der Waals surface area contributed by atoms with Crippen LogP contribution >= 0.6 is 11.6 Å². The van der Waals surface area contributed by atoms with E-state index in [4.69, 9.17) is 11.6 Å². The Morgan fingerprint density at radius 3 is 2.80 bits per heavy atom. The van der Waals surface area contributed by atoms with Gasteiger partial charge < -0.3 is 0 Å². The summed E-state index contributed by atoms with van der Waals surface area (Å²) in [5.41, 5.74) is -0.114. The summed E-state index contributed by atoms with van der Waals surface area (Å²) in [6.07, 6.45) is 2.56. The molecule has 0 radical (unpaired) electrons. The number of nitro groups is 1. The van der Waals surface area contributed by atoms with Crippen LogP contribution in [0.15, 0.2) is 18.5 Å². The zero-order chi connectivity index (χ0) is 7.56. The highest BCUT2D eigenvalue weighted by molar-refractivity contribution is 6.32. The summed E-state index contributed by atoms with van der Waals surface area (Å²) in [5, 5.41) is 10.2. The normalized spacial score (nSPS) is 9.30. The van der Waals surface area contributed by atoms with Crippen molar-refractivity contribution >= 4 is 17.3 Å². The molecule has 0 aliphatic heterocycles. The molecule has 0 unspecified atom stereocenters. The molecule has 5 heteroatoms. The minimum absolute atomic E-state index is 0.0625. The summed E-state index contributed by atoms with van der Waals surface area (Å²) < 4.78 is 0. The van der Waals surface area contributed by atoms with E-state index in [1.54, 1.807) is 0 Å². The van der Waals surface area contributed by atoms with Gasteiger partial charge in [-0.1, -0.05) is 11.6 Å². The molecule has 0 spiro atoms. The van der Waals surface area contributed by atoms with Gasteiger partial charge >= 0.3 is 0 Å². The van der Waals surface area contributed by atoms with Crippen molar-refractivity contribution in [2.45, 2.75) is 0 Å². The monoisotopic (exact) mass is 158 g/mol. The number of pyridine rings is 1. The van der Waals surface area contributed by atoms with Crippen LogP contribution in [0, 0.1) is 10.1 Å². The van der Waals surface area contributed by atoms with Crippen molar-refractivity contribution in [2.75, 3.05) is 0 Å². The molecule has 0 aliphatic carbocycles. The van der Waals surface area contributed by atoms with Crippen LogP contribution in [0.1, 0.15) is 0 Å². The van der Waals surface area contributed by atoms with Gasteiger partial charge in [0.2, 0.25) is 0 Å². The van der Waals surface area contributed by atoms with Crippen molar-refractivity contribution in [3.8, 4) is 0 Å². The zero-order valence-electron chi connectivity index (χ0n) is 4.82. The van der Waals surface area contributed by atoms with Crippen molar-refractivity contribution in [1.29, 1.82) is 0 Å². The maximum absolute atomic E-state index is 10.1. The smallest absolute Gasteiger partial charge is 0.263 e. The van der Waals surface area contributed by atoms with E-state index in [1.165, 1.54) is 18.5 Å². The molecule has 0 N–H and O–H groups in total. The molecule has 1 heterocycles. The molecule has 0 aliphatic rings. The van der Waals surface area contributed by atoms with Crippen LogP contribution in [0.25, 0.3) is 0 Å². The second-order valence-corrected chi connectivity index (χ2v) is 1.99. The topological polar surface area (TPSA) is 56.0 Å². The third-order valence-electron chi connectivity index (χ3n) is 0.948. The van der Waals surface area contributed by atoms with Gasteiger partial charge in [0, 0.05) is 12.3 Å². The molecule has 0 amide bonds. The Balaban J connectivity index is 3.15. The van der Waals surface area contributed by atoms with Crippen molar-refractivity contribution in [2.24, 2.45) is 0 Å². The van der Waals surface area contributed by atoms with Gasteiger partial charge in [0.15, 0.2) is 0 Å². The fourth-order valence-corrected chi connectivity index (χ4v) is 0.704. The number of rotatable bonds is 1. The summed E-state index contributed by atoms with van der Waals surface area (Å²) in [4.78, 5) is 13.2. The molecule has 0 fully saturated rings. The minimum atomic E-state index is -0.552. The van der Waals surface area contributed by atoms with Crippen molar-refractivity contribution in [3.05, 3.63) is 33.6 Å². The molecule has 10 heavy (non-hydrogen) atoms. The van der Waals surface area contributed by atoms with E-state index in [9.17, 15) is 10.1 Å². The van der Waals surface area contributed by atoms with Crippen LogP contribution < -0.4 is 0 Å². The highest BCUT2D eigenvalue weighted by atomic mass is 35.5. The molecule has 0 bridgehead atoms. The third-order valence-corrected chi connectivity index (χ3v) is 1.24. The molecule has 4 nitrogen and oxygen atoms in total. The lowest BCUT2D eigenvalue weighted by Crippen LogP contribution is -1.88. The van der Waals surface area contributed by atoms with Gasteiger partial charge in [0.1, 0.15) is 5.02 Å². The Kier molecular flexibility index (Phi) is 1.82. The molecule has 52 valence electrons. The fourth-order valence-electron chi connectivity index (χ4n) is 0.516. The van der Waals surface area contributed by atoms with E-state index in [2.05, 4.69) is 4.98 Å². The highest BCUT2D eigenvalue weighted by Gasteiger charge is 2.09. The number of hydrogen-bond acceptors (Lipinski definition) is 3. The van der Waals surface area contributed by atoms with Gasteiger partial charge in [-0.25, -0.2) is 0 Å². The second-order valence-electron chi connectivity index (χ2n) is 1.58. The van der Waals surface area contributed by atoms with Crippen LogP contribution in [0.3, 0.4) is 0 Å². The van der Waals surface area contributed by atoms with Crippen molar-refractivity contribution in [3.63, 3.8) is 0 Å². The molecular formula is C5H3ClN2O2. The summed E-state index contributed by atoms with van der Waals surface area (Å²) in [6, 6.07) is 1.25. The van der Waals surface area contributed by atoms with Crippen LogP contribution in [-0.2, 0) is 0 Å². The molecule has 1 aromatic heterocycles. The predicted octanol–water partition coefficient (Wildman–Crippen LogP) is 1.64. The van der Waals surface area contributed by atoms with E-state index in [0.717, 1.165) is 0 Å². The number of nitrogens with zero attached hydrogens (tertiary/aromatic N) is 2. The van der Waals surface area contributed by atoms with Gasteiger partial charge in [0.25, 0.3) is 5.69 Å². The first-order valence-electron chi connectivity index (χ1n) is 2.45. The first-order valence-corrected chi connectivity index (χ1v) is 2.83. The average Bonchev–Trinajstić information content (AvgIpc) is 1.88. The molecule has 1 rings (SSSR count). The minimum Gasteiger partial charge on any atom is -0.263 e. The third kappa shape index (κ3) is 1.22. The highest BCUT2D eigenvalue weighted by Crippen LogP contribution is 2.20. The molecule has 0 atom stereocenters. The maximum atomic E-state index is 10.1. The first kappa shape index (κ1) is 6.95. The summed E-state index contributed by atoms with van der Waals surface area (Å²) in [5.74, 6) is 0. The Morgan fingerprint density at radius 2 is 2.40 bits per heavy atom. The molecule has 0 aromatic carbocycles. The van der Waals surface area contributed by atoms with E-state index < -0.39 is 4.92 Å². The van der Waals surface area contributed by atoms with Crippen LogP contribution in [0.2, 0.25) is 5.02 Å². The number of halogens is 1. The lowest BCUT2D eigenvalue weighted by Gasteiger charge is -1.90. The zero-order valence-corrected chi connectivity index (χ0v) is 5.58. The predicted molar refractivity (Wildman–Crippen MR) is 35.9 cm³/mol. The summed E-state index contributed by atoms with van der Waals surface area (Å²) in [7, 11) is 0. The SMILES string of the molecule is O=[N+]([O-])c1ccncc1Cl. The van der Waals surface area contributed by atoms with E-state index in [1.807, 2.05) is 0 Å². The Hall–Kier alpha value is -1.16. The summed E-state index contributed by atoms with van der Waals surface area (Å²) >= 11 is 5.42. The van der Waals surface area contributed by atoms with Crippen LogP contribution in [0.4, 0.5) is 5.69 Å². The van der Waals surface area contributed by atoms with Gasteiger partial charge in [-0.2, -0.15) is 0 Å². The van der Waals surface area contributed by atoms with E-state index >= 15 is 0 Å². The second kappa shape index (κ2) is 2.62. The van der Waals surface area contributed by atoms with Crippen molar-refractivity contribution < 1.29 is 4.92 Å². The number of aromatic nitrogens is 1. The van der Waals surface area contributed by atoms with Gasteiger partial charge in [-0.05, 0) is 0 Å². The fraction of sp³-hybridized carbons (Fsp3) is 0. The van der Waals surface area contributed by atoms with E-state index in [-0.39, 0.29) is 10.7 Å². The molecule has 0 saturated heterocycles. The van der Waals surface area contributed by atoms with Gasteiger partial charge in [0.05, 0.1) is 11.1 Å². The number of hydrogen-bond donors (Lipinski definition) is 0. The Labute approximate surface area is 61.6 Å². The van der Waals surface area contributed by atoms with Crippen molar-refractivity contribution in [1.82, 2.24) is 4.98 Å². The Bertz CT molecular complexity index is 264. The van der Waals surface area contributed by atoms with Crippen LogP contribution in [0.5, 0.6) is 0 Å². The average molecular weight is 159 g/mol. The quantitative estimate of drug-likeness (QED) is 0.461.